The van der Waals surface area contributed by atoms with Crippen LogP contribution < -0.4 is 10.6 Å². The molecule has 0 unspecified atom stereocenters. The summed E-state index contributed by atoms with van der Waals surface area (Å²) in [4.78, 5) is 24.1. The van der Waals surface area contributed by atoms with E-state index in [-0.39, 0.29) is 18.2 Å². The van der Waals surface area contributed by atoms with Crippen LogP contribution in [0, 0.1) is 0 Å². The number of aromatic nitrogens is 2. The molecule has 0 bridgehead atoms. The Morgan fingerprint density at radius 1 is 1.32 bits per heavy atom. The number of carbonyl (C=O) groups excluding carboxylic acids is 2. The second-order valence-corrected chi connectivity index (χ2v) is 3.87. The van der Waals surface area contributed by atoms with Crippen LogP contribution in [0.1, 0.15) is 30.8 Å². The molecule has 7 heteroatoms. The van der Waals surface area contributed by atoms with E-state index < -0.39 is 5.91 Å². The first-order valence-corrected chi connectivity index (χ1v) is 6.12. The zero-order chi connectivity index (χ0) is 14.3. The van der Waals surface area contributed by atoms with E-state index in [0.29, 0.717) is 19.0 Å². The Morgan fingerprint density at radius 2 is 2.05 bits per heavy atom. The maximum atomic E-state index is 11.5. The number of nitrogens with two attached hydrogens (primary N) is 1. The molecule has 7 nitrogen and oxygen atoms in total. The molecular formula is C12H18N4O3. The van der Waals surface area contributed by atoms with Crippen LogP contribution in [0.25, 0.3) is 0 Å². The van der Waals surface area contributed by atoms with Crippen molar-refractivity contribution in [2.75, 3.05) is 24.6 Å². The summed E-state index contributed by atoms with van der Waals surface area (Å²) < 4.78 is 4.90. The van der Waals surface area contributed by atoms with Gasteiger partial charge in [0.2, 0.25) is 0 Å². The summed E-state index contributed by atoms with van der Waals surface area (Å²) >= 11 is 0. The predicted molar refractivity (Wildman–Crippen MR) is 69.7 cm³/mol. The number of hydrogen-bond donors (Lipinski definition) is 1. The van der Waals surface area contributed by atoms with Crippen molar-refractivity contribution < 1.29 is 14.3 Å². The number of esters is 1. The number of primary amides is 1. The molecule has 0 aliphatic rings. The molecule has 0 aromatic carbocycles. The molecule has 2 N–H and O–H groups in total. The highest BCUT2D eigenvalue weighted by atomic mass is 16.5. The average molecular weight is 266 g/mol. The van der Waals surface area contributed by atoms with E-state index in [4.69, 9.17) is 10.5 Å². The van der Waals surface area contributed by atoms with Crippen molar-refractivity contribution in [2.24, 2.45) is 5.73 Å². The van der Waals surface area contributed by atoms with Crippen LogP contribution in [0.15, 0.2) is 12.1 Å². The van der Waals surface area contributed by atoms with E-state index in [2.05, 4.69) is 10.2 Å². The van der Waals surface area contributed by atoms with Gasteiger partial charge < -0.3 is 15.4 Å². The van der Waals surface area contributed by atoms with Crippen LogP contribution >= 0.6 is 0 Å². The fraction of sp³-hybridized carbons (Fsp3) is 0.500. The first-order chi connectivity index (χ1) is 9.08. The zero-order valence-electron chi connectivity index (χ0n) is 11.1. The largest absolute Gasteiger partial charge is 0.465 e. The molecule has 0 saturated carbocycles. The third-order valence-electron chi connectivity index (χ3n) is 2.35. The van der Waals surface area contributed by atoms with Gasteiger partial charge in [0.15, 0.2) is 11.5 Å². The number of amides is 1. The van der Waals surface area contributed by atoms with Crippen molar-refractivity contribution in [1.82, 2.24) is 10.2 Å². The maximum absolute atomic E-state index is 11.5. The summed E-state index contributed by atoms with van der Waals surface area (Å²) in [6.07, 6.45) is 0.846. The normalized spacial score (nSPS) is 10.0. The highest BCUT2D eigenvalue weighted by Crippen LogP contribution is 2.10. The van der Waals surface area contributed by atoms with Gasteiger partial charge in [-0.15, -0.1) is 10.2 Å². The van der Waals surface area contributed by atoms with E-state index in [1.165, 1.54) is 6.07 Å². The van der Waals surface area contributed by atoms with Gasteiger partial charge in [-0.25, -0.2) is 0 Å². The number of anilines is 1. The second kappa shape index (κ2) is 7.30. The molecule has 0 atom stereocenters. The Hall–Kier alpha value is -2.18. The maximum Gasteiger partial charge on any atom is 0.325 e. The molecular weight excluding hydrogens is 248 g/mol. The van der Waals surface area contributed by atoms with Crippen molar-refractivity contribution in [3.8, 4) is 0 Å². The molecule has 0 aliphatic carbocycles. The quantitative estimate of drug-likeness (QED) is 0.715. The Labute approximate surface area is 111 Å². The van der Waals surface area contributed by atoms with Crippen molar-refractivity contribution >= 4 is 17.7 Å². The number of hydrogen-bond acceptors (Lipinski definition) is 6. The molecule has 0 saturated heterocycles. The Morgan fingerprint density at radius 3 is 2.53 bits per heavy atom. The molecule has 0 spiro atoms. The topological polar surface area (TPSA) is 98.4 Å². The minimum atomic E-state index is -0.633. The smallest absolute Gasteiger partial charge is 0.325 e. The van der Waals surface area contributed by atoms with E-state index in [9.17, 15) is 9.59 Å². The third kappa shape index (κ3) is 4.53. The van der Waals surface area contributed by atoms with Gasteiger partial charge in [0.25, 0.3) is 5.91 Å². The summed E-state index contributed by atoms with van der Waals surface area (Å²) in [6.45, 7) is 4.83. The fourth-order valence-electron chi connectivity index (χ4n) is 1.53. The van der Waals surface area contributed by atoms with Crippen LogP contribution in [0.3, 0.4) is 0 Å². The minimum absolute atomic E-state index is 0.0938. The van der Waals surface area contributed by atoms with Crippen LogP contribution in [0.2, 0.25) is 0 Å². The molecule has 1 aromatic heterocycles. The molecule has 19 heavy (non-hydrogen) atoms. The number of carbonyl (C=O) groups is 2. The highest BCUT2D eigenvalue weighted by molar-refractivity contribution is 5.90. The van der Waals surface area contributed by atoms with Crippen molar-refractivity contribution in [1.29, 1.82) is 0 Å². The molecule has 104 valence electrons. The van der Waals surface area contributed by atoms with Gasteiger partial charge in [0.1, 0.15) is 6.54 Å². The zero-order valence-corrected chi connectivity index (χ0v) is 11.1. The Balaban J connectivity index is 2.80. The van der Waals surface area contributed by atoms with E-state index >= 15 is 0 Å². The lowest BCUT2D eigenvalue weighted by molar-refractivity contribution is -0.141. The van der Waals surface area contributed by atoms with Gasteiger partial charge in [-0.1, -0.05) is 6.92 Å². The summed E-state index contributed by atoms with van der Waals surface area (Å²) in [5.41, 5.74) is 5.18. The lowest BCUT2D eigenvalue weighted by Crippen LogP contribution is -2.32. The van der Waals surface area contributed by atoms with E-state index in [0.717, 1.165) is 6.42 Å². The monoisotopic (exact) mass is 266 g/mol. The Bertz CT molecular complexity index is 433. The first kappa shape index (κ1) is 14.9. The summed E-state index contributed by atoms with van der Waals surface area (Å²) in [6, 6.07) is 3.10. The first-order valence-electron chi connectivity index (χ1n) is 6.12. The van der Waals surface area contributed by atoms with Crippen LogP contribution in [-0.4, -0.2) is 41.8 Å². The molecule has 0 aliphatic heterocycles. The van der Waals surface area contributed by atoms with Gasteiger partial charge >= 0.3 is 5.97 Å². The summed E-state index contributed by atoms with van der Waals surface area (Å²) in [7, 11) is 0. The average Bonchev–Trinajstić information content (AvgIpc) is 2.38. The van der Waals surface area contributed by atoms with Gasteiger partial charge in [-0.3, -0.25) is 9.59 Å². The van der Waals surface area contributed by atoms with E-state index in [1.807, 2.05) is 6.92 Å². The predicted octanol–water partition coefficient (Wildman–Crippen LogP) is 0.355. The molecule has 1 amide bonds. The van der Waals surface area contributed by atoms with Crippen LogP contribution in [0.5, 0.6) is 0 Å². The molecule has 0 radical (unpaired) electrons. The van der Waals surface area contributed by atoms with Crippen molar-refractivity contribution in [3.05, 3.63) is 17.8 Å². The lowest BCUT2D eigenvalue weighted by atomic mass is 10.3. The second-order valence-electron chi connectivity index (χ2n) is 3.87. The number of rotatable bonds is 7. The van der Waals surface area contributed by atoms with Crippen molar-refractivity contribution in [3.63, 3.8) is 0 Å². The molecule has 1 heterocycles. The number of ether oxygens (including phenoxy) is 1. The molecule has 0 fully saturated rings. The summed E-state index contributed by atoms with van der Waals surface area (Å²) in [5.74, 6) is -0.442. The van der Waals surface area contributed by atoms with Gasteiger partial charge in [0.05, 0.1) is 6.61 Å². The van der Waals surface area contributed by atoms with Gasteiger partial charge in [-0.05, 0) is 25.5 Å². The van der Waals surface area contributed by atoms with Gasteiger partial charge in [-0.2, -0.15) is 0 Å². The van der Waals surface area contributed by atoms with E-state index in [1.54, 1.807) is 17.9 Å². The summed E-state index contributed by atoms with van der Waals surface area (Å²) in [5, 5.41) is 7.62. The minimum Gasteiger partial charge on any atom is -0.465 e. The lowest BCUT2D eigenvalue weighted by Gasteiger charge is -2.21. The molecule has 1 aromatic rings. The van der Waals surface area contributed by atoms with Crippen LogP contribution in [0.4, 0.5) is 5.82 Å². The SMILES string of the molecule is CCCN(CC(=O)OCC)c1ccc(C(N)=O)nn1. The van der Waals surface area contributed by atoms with Crippen LogP contribution in [-0.2, 0) is 9.53 Å². The fourth-order valence-corrected chi connectivity index (χ4v) is 1.53. The molecule has 1 rings (SSSR count). The third-order valence-corrected chi connectivity index (χ3v) is 2.35. The number of nitrogens with zero attached hydrogens (tertiary/aromatic N) is 3. The standard InChI is InChI=1S/C12H18N4O3/c1-3-7-16(8-11(17)19-4-2)10-6-5-9(12(13)18)14-15-10/h5-6H,3-4,7-8H2,1-2H3,(H2,13,18). The van der Waals surface area contributed by atoms with Gasteiger partial charge in [0, 0.05) is 6.54 Å². The Kier molecular flexibility index (Phi) is 5.72. The van der Waals surface area contributed by atoms with Crippen molar-refractivity contribution in [2.45, 2.75) is 20.3 Å². The highest BCUT2D eigenvalue weighted by Gasteiger charge is 2.14.